The Morgan fingerprint density at radius 2 is 2.08 bits per heavy atom. The molecule has 0 aliphatic carbocycles. The fraction of sp³-hybridized carbons (Fsp3) is 0.238. The molecule has 1 aromatic carbocycles. The van der Waals surface area contributed by atoms with E-state index in [4.69, 9.17) is 4.98 Å². The van der Waals surface area contributed by atoms with Crippen molar-refractivity contribution in [3.05, 3.63) is 70.6 Å². The lowest BCUT2D eigenvalue weighted by Crippen LogP contribution is -2.22. The van der Waals surface area contributed by atoms with Crippen LogP contribution in [0.1, 0.15) is 22.4 Å². The fourth-order valence-corrected chi connectivity index (χ4v) is 3.86. The summed E-state index contributed by atoms with van der Waals surface area (Å²) in [6, 6.07) is 14.2. The molecule has 4 nitrogen and oxygen atoms in total. The standard InChI is InChI=1S/C21H23N3OS/c1-4-11-24(14-20-9-5-15(2)26-20)13-19-7-6-17-12-18(22-16(3)25)8-10-21(17)23-19/h4-10,12H,1,11,13-14H2,2-3H3,(H,22,25). The number of pyridine rings is 1. The van der Waals surface area contributed by atoms with E-state index in [0.717, 1.165) is 41.9 Å². The average molecular weight is 366 g/mol. The summed E-state index contributed by atoms with van der Waals surface area (Å²) < 4.78 is 0. The van der Waals surface area contributed by atoms with Gasteiger partial charge in [-0.25, -0.2) is 0 Å². The number of nitrogens with one attached hydrogen (secondary N) is 1. The van der Waals surface area contributed by atoms with Crippen molar-refractivity contribution < 1.29 is 4.79 Å². The molecule has 5 heteroatoms. The molecule has 0 atom stereocenters. The second-order valence-electron chi connectivity index (χ2n) is 6.36. The van der Waals surface area contributed by atoms with E-state index in [2.05, 4.69) is 48.0 Å². The van der Waals surface area contributed by atoms with Crippen LogP contribution in [0.15, 0.2) is 55.1 Å². The highest BCUT2D eigenvalue weighted by atomic mass is 32.1. The summed E-state index contributed by atoms with van der Waals surface area (Å²) in [5.41, 5.74) is 2.75. The van der Waals surface area contributed by atoms with E-state index in [1.165, 1.54) is 16.7 Å². The monoisotopic (exact) mass is 365 g/mol. The minimum absolute atomic E-state index is 0.0715. The highest BCUT2D eigenvalue weighted by Gasteiger charge is 2.09. The van der Waals surface area contributed by atoms with Gasteiger partial charge in [-0.15, -0.1) is 17.9 Å². The number of carbonyl (C=O) groups excluding carboxylic acids is 1. The molecule has 1 amide bonds. The van der Waals surface area contributed by atoms with Crippen molar-refractivity contribution >= 4 is 33.8 Å². The third kappa shape index (κ3) is 4.77. The molecule has 26 heavy (non-hydrogen) atoms. The van der Waals surface area contributed by atoms with Crippen LogP contribution in [0.2, 0.25) is 0 Å². The Morgan fingerprint density at radius 1 is 1.23 bits per heavy atom. The molecule has 2 aromatic heterocycles. The summed E-state index contributed by atoms with van der Waals surface area (Å²) in [5.74, 6) is -0.0715. The van der Waals surface area contributed by atoms with Gasteiger partial charge in [-0.05, 0) is 43.3 Å². The lowest BCUT2D eigenvalue weighted by atomic mass is 10.1. The van der Waals surface area contributed by atoms with Crippen molar-refractivity contribution in [1.82, 2.24) is 9.88 Å². The quantitative estimate of drug-likeness (QED) is 0.615. The number of carbonyl (C=O) groups is 1. The van der Waals surface area contributed by atoms with Gasteiger partial charge in [0.1, 0.15) is 0 Å². The van der Waals surface area contributed by atoms with Crippen molar-refractivity contribution in [3.63, 3.8) is 0 Å². The van der Waals surface area contributed by atoms with Crippen LogP contribution in [-0.4, -0.2) is 22.3 Å². The molecule has 3 rings (SSSR count). The molecule has 0 saturated carbocycles. The first-order valence-electron chi connectivity index (χ1n) is 8.59. The summed E-state index contributed by atoms with van der Waals surface area (Å²) in [5, 5.41) is 3.82. The van der Waals surface area contributed by atoms with Gasteiger partial charge < -0.3 is 5.32 Å². The van der Waals surface area contributed by atoms with Crippen LogP contribution in [0.25, 0.3) is 10.9 Å². The topological polar surface area (TPSA) is 45.2 Å². The van der Waals surface area contributed by atoms with Gasteiger partial charge in [0.2, 0.25) is 5.91 Å². The van der Waals surface area contributed by atoms with E-state index in [-0.39, 0.29) is 5.91 Å². The Morgan fingerprint density at radius 3 is 2.77 bits per heavy atom. The van der Waals surface area contributed by atoms with Crippen LogP contribution in [0.4, 0.5) is 5.69 Å². The summed E-state index contributed by atoms with van der Waals surface area (Å²) in [4.78, 5) is 21.0. The second-order valence-corrected chi connectivity index (χ2v) is 7.73. The van der Waals surface area contributed by atoms with E-state index in [0.29, 0.717) is 0 Å². The molecule has 134 valence electrons. The molecular weight excluding hydrogens is 342 g/mol. The SMILES string of the molecule is C=CCN(Cc1ccc2cc(NC(C)=O)ccc2n1)Cc1ccc(C)s1. The number of rotatable bonds is 7. The largest absolute Gasteiger partial charge is 0.326 e. The number of aromatic nitrogens is 1. The van der Waals surface area contributed by atoms with Crippen LogP contribution < -0.4 is 5.32 Å². The third-order valence-electron chi connectivity index (χ3n) is 4.02. The zero-order valence-corrected chi connectivity index (χ0v) is 16.0. The number of fused-ring (bicyclic) bond motifs is 1. The zero-order valence-electron chi connectivity index (χ0n) is 15.2. The number of benzene rings is 1. The van der Waals surface area contributed by atoms with E-state index in [1.807, 2.05) is 35.6 Å². The molecule has 0 bridgehead atoms. The summed E-state index contributed by atoms with van der Waals surface area (Å²) >= 11 is 1.83. The maximum absolute atomic E-state index is 11.2. The van der Waals surface area contributed by atoms with Crippen molar-refractivity contribution in [2.45, 2.75) is 26.9 Å². The Hall–Kier alpha value is -2.50. The molecule has 0 spiro atoms. The molecular formula is C21H23N3OS. The normalized spacial score (nSPS) is 11.0. The minimum atomic E-state index is -0.0715. The molecule has 1 N–H and O–H groups in total. The van der Waals surface area contributed by atoms with Crippen LogP contribution in [0.5, 0.6) is 0 Å². The van der Waals surface area contributed by atoms with Crippen molar-refractivity contribution in [1.29, 1.82) is 0 Å². The summed E-state index contributed by atoms with van der Waals surface area (Å²) in [6.45, 7) is 10.0. The Balaban J connectivity index is 1.77. The molecule has 0 saturated heterocycles. The van der Waals surface area contributed by atoms with Gasteiger partial charge >= 0.3 is 0 Å². The zero-order chi connectivity index (χ0) is 18.5. The summed E-state index contributed by atoms with van der Waals surface area (Å²) in [6.07, 6.45) is 1.93. The lowest BCUT2D eigenvalue weighted by molar-refractivity contribution is -0.114. The van der Waals surface area contributed by atoms with E-state index >= 15 is 0 Å². The molecule has 2 heterocycles. The molecule has 3 aromatic rings. The highest BCUT2D eigenvalue weighted by Crippen LogP contribution is 2.21. The first-order valence-corrected chi connectivity index (χ1v) is 9.41. The number of amides is 1. The number of nitrogens with zero attached hydrogens (tertiary/aromatic N) is 2. The van der Waals surface area contributed by atoms with Gasteiger partial charge in [0.25, 0.3) is 0 Å². The second kappa shape index (κ2) is 8.25. The predicted octanol–water partition coefficient (Wildman–Crippen LogP) is 4.75. The van der Waals surface area contributed by atoms with E-state index in [9.17, 15) is 4.79 Å². The minimum Gasteiger partial charge on any atom is -0.326 e. The molecule has 0 aliphatic heterocycles. The van der Waals surface area contributed by atoms with Crippen molar-refractivity contribution in [2.75, 3.05) is 11.9 Å². The Labute approximate surface area is 158 Å². The van der Waals surface area contributed by atoms with Crippen LogP contribution in [0, 0.1) is 6.92 Å². The molecule has 0 fully saturated rings. The Bertz CT molecular complexity index is 932. The molecule has 0 aliphatic rings. The van der Waals surface area contributed by atoms with Crippen LogP contribution in [-0.2, 0) is 17.9 Å². The molecule has 0 unspecified atom stereocenters. The average Bonchev–Trinajstić information content (AvgIpc) is 2.99. The highest BCUT2D eigenvalue weighted by molar-refractivity contribution is 7.11. The van der Waals surface area contributed by atoms with Crippen LogP contribution in [0.3, 0.4) is 0 Å². The lowest BCUT2D eigenvalue weighted by Gasteiger charge is -2.19. The number of hydrogen-bond donors (Lipinski definition) is 1. The van der Waals surface area contributed by atoms with Gasteiger partial charge in [-0.2, -0.15) is 0 Å². The van der Waals surface area contributed by atoms with Crippen LogP contribution >= 0.6 is 11.3 Å². The van der Waals surface area contributed by atoms with E-state index in [1.54, 1.807) is 0 Å². The maximum Gasteiger partial charge on any atom is 0.221 e. The predicted molar refractivity (Wildman–Crippen MR) is 109 cm³/mol. The number of anilines is 1. The number of hydrogen-bond acceptors (Lipinski definition) is 4. The van der Waals surface area contributed by atoms with Gasteiger partial charge in [-0.3, -0.25) is 14.7 Å². The van der Waals surface area contributed by atoms with E-state index < -0.39 is 0 Å². The smallest absolute Gasteiger partial charge is 0.221 e. The fourth-order valence-electron chi connectivity index (χ4n) is 2.92. The number of aryl methyl sites for hydroxylation is 1. The first-order chi connectivity index (χ1) is 12.5. The first kappa shape index (κ1) is 18.3. The third-order valence-corrected chi connectivity index (χ3v) is 5.00. The van der Waals surface area contributed by atoms with Gasteiger partial charge in [0.15, 0.2) is 0 Å². The summed E-state index contributed by atoms with van der Waals surface area (Å²) in [7, 11) is 0. The van der Waals surface area contributed by atoms with Gasteiger partial charge in [0.05, 0.1) is 11.2 Å². The number of thiophene rings is 1. The Kier molecular flexibility index (Phi) is 5.81. The van der Waals surface area contributed by atoms with Crippen molar-refractivity contribution in [3.8, 4) is 0 Å². The maximum atomic E-state index is 11.2. The van der Waals surface area contributed by atoms with Gasteiger partial charge in [-0.1, -0.05) is 12.1 Å². The van der Waals surface area contributed by atoms with Crippen molar-refractivity contribution in [2.24, 2.45) is 0 Å². The van der Waals surface area contributed by atoms with Gasteiger partial charge in [0, 0.05) is 47.4 Å². The molecule has 0 radical (unpaired) electrons.